The van der Waals surface area contributed by atoms with Gasteiger partial charge in [0.15, 0.2) is 0 Å². The van der Waals surface area contributed by atoms with Crippen LogP contribution < -0.4 is 10.1 Å². The van der Waals surface area contributed by atoms with Gasteiger partial charge in [-0.2, -0.15) is 11.8 Å². The van der Waals surface area contributed by atoms with Crippen molar-refractivity contribution in [2.75, 3.05) is 12.0 Å². The number of nitrogens with one attached hydrogen (secondary N) is 1. The van der Waals surface area contributed by atoms with Crippen LogP contribution in [0.15, 0.2) is 48.5 Å². The normalized spacial score (nSPS) is 14.4. The van der Waals surface area contributed by atoms with E-state index in [4.69, 9.17) is 0 Å². The molecule has 0 aromatic heterocycles. The minimum absolute atomic E-state index is 0.110. The van der Waals surface area contributed by atoms with Crippen LogP contribution in [0.4, 0.5) is 13.2 Å². The van der Waals surface area contributed by atoms with Gasteiger partial charge in [-0.1, -0.05) is 30.3 Å². The third-order valence-corrected chi connectivity index (χ3v) is 5.33. The summed E-state index contributed by atoms with van der Waals surface area (Å²) in [6, 6.07) is 10.6. The average molecular weight is 452 g/mol. The molecule has 1 heterocycles. The highest BCUT2D eigenvalue weighted by Crippen LogP contribution is 2.28. The van der Waals surface area contributed by atoms with Crippen LogP contribution in [-0.2, 0) is 11.3 Å². The van der Waals surface area contributed by atoms with E-state index in [9.17, 15) is 27.6 Å². The number of rotatable bonds is 8. The molecular formula is C21H19F3N2O4S. The Morgan fingerprint density at radius 1 is 1.06 bits per heavy atom. The Hall–Kier alpha value is -3.01. The van der Waals surface area contributed by atoms with E-state index < -0.39 is 35.9 Å². The number of ether oxygens (including phenoxy) is 1. The first-order valence-electron chi connectivity index (χ1n) is 9.30. The molecule has 1 atom stereocenters. The fourth-order valence-corrected chi connectivity index (χ4v) is 3.73. The maximum Gasteiger partial charge on any atom is 0.573 e. The molecule has 10 heteroatoms. The summed E-state index contributed by atoms with van der Waals surface area (Å²) >= 11 is 1.44. The van der Waals surface area contributed by atoms with Gasteiger partial charge in [0.25, 0.3) is 11.8 Å². The molecule has 0 saturated heterocycles. The standard InChI is InChI=1S/C21H19F3N2O4S/c1-31-11-10-16(26-19(28)14-7-3-4-8-15(14)20(26)29)18(27)25-12-13-6-2-5-9-17(13)30-21(22,23)24/h2-9,16H,10-12H2,1H3,(H,25,27). The lowest BCUT2D eigenvalue weighted by Crippen LogP contribution is -2.49. The fraction of sp³-hybridized carbons (Fsp3) is 0.286. The molecule has 0 saturated carbocycles. The van der Waals surface area contributed by atoms with Gasteiger partial charge in [-0.05, 0) is 36.6 Å². The average Bonchev–Trinajstić information content (AvgIpc) is 2.98. The first kappa shape index (κ1) is 22.7. The highest BCUT2D eigenvalue weighted by Gasteiger charge is 2.42. The van der Waals surface area contributed by atoms with Crippen LogP contribution in [0.2, 0.25) is 0 Å². The van der Waals surface area contributed by atoms with Gasteiger partial charge in [-0.25, -0.2) is 0 Å². The lowest BCUT2D eigenvalue weighted by molar-refractivity contribution is -0.274. The van der Waals surface area contributed by atoms with Gasteiger partial charge in [0, 0.05) is 12.1 Å². The largest absolute Gasteiger partial charge is 0.573 e. The Balaban J connectivity index is 1.78. The smallest absolute Gasteiger partial charge is 0.405 e. The molecule has 164 valence electrons. The fourth-order valence-electron chi connectivity index (χ4n) is 3.27. The quantitative estimate of drug-likeness (QED) is 0.620. The molecule has 0 spiro atoms. The van der Waals surface area contributed by atoms with E-state index in [1.54, 1.807) is 12.1 Å². The van der Waals surface area contributed by atoms with E-state index in [1.165, 1.54) is 42.1 Å². The summed E-state index contributed by atoms with van der Waals surface area (Å²) in [6.45, 7) is -0.260. The third kappa shape index (κ3) is 5.19. The van der Waals surface area contributed by atoms with Crippen molar-refractivity contribution in [3.63, 3.8) is 0 Å². The monoisotopic (exact) mass is 452 g/mol. The van der Waals surface area contributed by atoms with Gasteiger partial charge in [-0.3, -0.25) is 19.3 Å². The zero-order valence-corrected chi connectivity index (χ0v) is 17.3. The summed E-state index contributed by atoms with van der Waals surface area (Å²) in [4.78, 5) is 39.4. The molecule has 2 aromatic carbocycles. The van der Waals surface area contributed by atoms with Crippen LogP contribution in [0, 0.1) is 0 Å². The zero-order chi connectivity index (χ0) is 22.6. The molecule has 0 aliphatic carbocycles. The van der Waals surface area contributed by atoms with Crippen LogP contribution in [-0.4, -0.2) is 47.0 Å². The van der Waals surface area contributed by atoms with E-state index in [-0.39, 0.29) is 29.7 Å². The molecular weight excluding hydrogens is 433 g/mol. The molecule has 0 radical (unpaired) electrons. The van der Waals surface area contributed by atoms with Crippen molar-refractivity contribution >= 4 is 29.5 Å². The minimum atomic E-state index is -4.87. The second kappa shape index (κ2) is 9.42. The SMILES string of the molecule is CSCCC(C(=O)NCc1ccccc1OC(F)(F)F)N1C(=O)c2ccccc2C1=O. The molecule has 1 N–H and O–H groups in total. The predicted octanol–water partition coefficient (Wildman–Crippen LogP) is 3.62. The van der Waals surface area contributed by atoms with Crippen molar-refractivity contribution in [1.29, 1.82) is 0 Å². The Bertz CT molecular complexity index is 962. The van der Waals surface area contributed by atoms with Crippen LogP contribution in [0.3, 0.4) is 0 Å². The summed E-state index contributed by atoms with van der Waals surface area (Å²) in [5, 5.41) is 2.54. The second-order valence-electron chi connectivity index (χ2n) is 6.70. The van der Waals surface area contributed by atoms with E-state index >= 15 is 0 Å². The molecule has 1 aliphatic rings. The molecule has 6 nitrogen and oxygen atoms in total. The number of carbonyl (C=O) groups is 3. The number of halogens is 3. The summed E-state index contributed by atoms with van der Waals surface area (Å²) < 4.78 is 41.8. The van der Waals surface area contributed by atoms with E-state index in [2.05, 4.69) is 10.1 Å². The van der Waals surface area contributed by atoms with Gasteiger partial charge in [0.2, 0.25) is 5.91 Å². The lowest BCUT2D eigenvalue weighted by Gasteiger charge is -2.25. The predicted molar refractivity (Wildman–Crippen MR) is 109 cm³/mol. The number of hydrogen-bond donors (Lipinski definition) is 1. The van der Waals surface area contributed by atoms with Crippen LogP contribution in [0.25, 0.3) is 0 Å². The molecule has 2 aromatic rings. The van der Waals surface area contributed by atoms with Crippen molar-refractivity contribution in [1.82, 2.24) is 10.2 Å². The molecule has 0 bridgehead atoms. The molecule has 0 fully saturated rings. The summed E-state index contributed by atoms with van der Waals surface area (Å²) in [7, 11) is 0. The number of thioether (sulfide) groups is 1. The van der Waals surface area contributed by atoms with Gasteiger partial charge in [-0.15, -0.1) is 13.2 Å². The number of hydrogen-bond acceptors (Lipinski definition) is 5. The molecule has 1 aliphatic heterocycles. The Morgan fingerprint density at radius 3 is 2.23 bits per heavy atom. The summed E-state index contributed by atoms with van der Waals surface area (Å²) in [5.41, 5.74) is 0.552. The first-order chi connectivity index (χ1) is 14.7. The number of imide groups is 1. The van der Waals surface area contributed by atoms with Crippen LogP contribution in [0.5, 0.6) is 5.75 Å². The van der Waals surface area contributed by atoms with Gasteiger partial charge >= 0.3 is 6.36 Å². The lowest BCUT2D eigenvalue weighted by atomic mass is 10.1. The van der Waals surface area contributed by atoms with Crippen molar-refractivity contribution in [2.45, 2.75) is 25.4 Å². The van der Waals surface area contributed by atoms with E-state index in [0.29, 0.717) is 5.75 Å². The van der Waals surface area contributed by atoms with E-state index in [0.717, 1.165) is 11.0 Å². The Labute approximate surface area is 180 Å². The number of para-hydroxylation sites is 1. The molecule has 3 amide bonds. The van der Waals surface area contributed by atoms with Crippen LogP contribution >= 0.6 is 11.8 Å². The number of carbonyl (C=O) groups excluding carboxylic acids is 3. The maximum absolute atomic E-state index is 12.9. The minimum Gasteiger partial charge on any atom is -0.405 e. The Morgan fingerprint density at radius 2 is 1.65 bits per heavy atom. The van der Waals surface area contributed by atoms with Gasteiger partial charge in [0.05, 0.1) is 11.1 Å². The van der Waals surface area contributed by atoms with Crippen molar-refractivity contribution in [3.8, 4) is 5.75 Å². The van der Waals surface area contributed by atoms with E-state index in [1.807, 2.05) is 6.26 Å². The molecule has 3 rings (SSSR count). The highest BCUT2D eigenvalue weighted by molar-refractivity contribution is 7.98. The zero-order valence-electron chi connectivity index (χ0n) is 16.4. The molecule has 1 unspecified atom stereocenters. The number of nitrogens with zero attached hydrogens (tertiary/aromatic N) is 1. The van der Waals surface area contributed by atoms with Crippen LogP contribution in [0.1, 0.15) is 32.7 Å². The number of alkyl halides is 3. The Kier molecular flexibility index (Phi) is 6.89. The summed E-state index contributed by atoms with van der Waals surface area (Å²) in [5.74, 6) is -1.70. The molecule has 31 heavy (non-hydrogen) atoms. The number of benzene rings is 2. The highest BCUT2D eigenvalue weighted by atomic mass is 32.2. The maximum atomic E-state index is 12.9. The van der Waals surface area contributed by atoms with Crippen molar-refractivity contribution in [2.24, 2.45) is 0 Å². The van der Waals surface area contributed by atoms with Gasteiger partial charge in [0.1, 0.15) is 11.8 Å². The van der Waals surface area contributed by atoms with Gasteiger partial charge < -0.3 is 10.1 Å². The second-order valence-corrected chi connectivity index (χ2v) is 7.68. The van der Waals surface area contributed by atoms with Crippen molar-refractivity contribution in [3.05, 3.63) is 65.2 Å². The third-order valence-electron chi connectivity index (χ3n) is 4.69. The topological polar surface area (TPSA) is 75.7 Å². The number of amides is 3. The number of fused-ring (bicyclic) bond motifs is 1. The summed E-state index contributed by atoms with van der Waals surface area (Å²) in [6.07, 6.45) is -2.84. The first-order valence-corrected chi connectivity index (χ1v) is 10.7. The van der Waals surface area contributed by atoms with Crippen molar-refractivity contribution < 1.29 is 32.3 Å².